The summed E-state index contributed by atoms with van der Waals surface area (Å²) in [5.74, 6) is 0.0155. The lowest BCUT2D eigenvalue weighted by Crippen LogP contribution is -2.04. The number of nitrogens with zero attached hydrogens (tertiary/aromatic N) is 1. The van der Waals surface area contributed by atoms with E-state index in [0.29, 0.717) is 0 Å². The molecule has 136 valence electrons. The van der Waals surface area contributed by atoms with E-state index >= 15 is 0 Å². The largest absolute Gasteiger partial charge is 0.481 e. The molecular weight excluding hydrogens is 354 g/mol. The monoisotopic (exact) mass is 375 g/mol. The molecule has 1 aromatic heterocycles. The second-order valence-electron chi connectivity index (χ2n) is 6.83. The van der Waals surface area contributed by atoms with Crippen LogP contribution < -0.4 is 0 Å². The molecule has 0 unspecified atom stereocenters. The molecule has 0 amide bonds. The zero-order valence-electron chi connectivity index (χ0n) is 15.4. The van der Waals surface area contributed by atoms with Crippen molar-refractivity contribution in [3.8, 4) is 0 Å². The van der Waals surface area contributed by atoms with Crippen LogP contribution >= 0.6 is 11.8 Å². The minimum atomic E-state index is -0.797. The van der Waals surface area contributed by atoms with Crippen molar-refractivity contribution in [1.82, 2.24) is 4.57 Å². The molecule has 4 aromatic rings. The molecule has 0 fully saturated rings. The summed E-state index contributed by atoms with van der Waals surface area (Å²) in [5, 5.41) is 11.9. The SMILES string of the molecule is Cc1cc(CC(=O)O)c(SCc2ccccc2)c2c1c1ccccc1n2C. The van der Waals surface area contributed by atoms with E-state index < -0.39 is 5.97 Å². The first-order valence-corrected chi connectivity index (χ1v) is 9.93. The summed E-state index contributed by atoms with van der Waals surface area (Å²) >= 11 is 1.73. The van der Waals surface area contributed by atoms with E-state index in [0.717, 1.165) is 27.3 Å². The van der Waals surface area contributed by atoms with Gasteiger partial charge in [-0.15, -0.1) is 11.8 Å². The van der Waals surface area contributed by atoms with Crippen LogP contribution in [0.3, 0.4) is 0 Å². The smallest absolute Gasteiger partial charge is 0.307 e. The lowest BCUT2D eigenvalue weighted by Gasteiger charge is -2.14. The number of carbonyl (C=O) groups is 1. The summed E-state index contributed by atoms with van der Waals surface area (Å²) < 4.78 is 2.20. The molecule has 0 atom stereocenters. The van der Waals surface area contributed by atoms with Crippen molar-refractivity contribution in [1.29, 1.82) is 0 Å². The Morgan fingerprint density at radius 3 is 2.52 bits per heavy atom. The predicted molar refractivity (Wildman–Crippen MR) is 113 cm³/mol. The second kappa shape index (κ2) is 7.12. The topological polar surface area (TPSA) is 42.2 Å². The van der Waals surface area contributed by atoms with Crippen LogP contribution in [0.5, 0.6) is 0 Å². The van der Waals surface area contributed by atoms with Gasteiger partial charge >= 0.3 is 5.97 Å². The summed E-state index contributed by atoms with van der Waals surface area (Å²) in [6.07, 6.45) is 0.0371. The van der Waals surface area contributed by atoms with Crippen LogP contribution in [0.15, 0.2) is 65.6 Å². The van der Waals surface area contributed by atoms with Crippen LogP contribution in [0, 0.1) is 6.92 Å². The Morgan fingerprint density at radius 1 is 1.07 bits per heavy atom. The van der Waals surface area contributed by atoms with Crippen molar-refractivity contribution in [3.05, 3.63) is 77.4 Å². The van der Waals surface area contributed by atoms with Gasteiger partial charge in [0.2, 0.25) is 0 Å². The molecule has 0 spiro atoms. The molecule has 0 saturated heterocycles. The molecule has 1 N–H and O–H groups in total. The number of fused-ring (bicyclic) bond motifs is 3. The highest BCUT2D eigenvalue weighted by molar-refractivity contribution is 7.98. The van der Waals surface area contributed by atoms with Crippen molar-refractivity contribution >= 4 is 39.5 Å². The van der Waals surface area contributed by atoms with Gasteiger partial charge in [-0.1, -0.05) is 54.6 Å². The zero-order chi connectivity index (χ0) is 19.0. The number of aryl methyl sites for hydroxylation is 2. The molecule has 3 nitrogen and oxygen atoms in total. The Bertz CT molecular complexity index is 1150. The van der Waals surface area contributed by atoms with Crippen LogP contribution in [-0.4, -0.2) is 15.6 Å². The minimum absolute atomic E-state index is 0.0371. The maximum absolute atomic E-state index is 11.5. The highest BCUT2D eigenvalue weighted by Gasteiger charge is 2.19. The molecule has 3 aromatic carbocycles. The summed E-state index contributed by atoms with van der Waals surface area (Å²) in [7, 11) is 2.07. The van der Waals surface area contributed by atoms with Crippen molar-refractivity contribution in [2.24, 2.45) is 7.05 Å². The molecule has 4 heteroatoms. The first kappa shape index (κ1) is 17.7. The number of thioether (sulfide) groups is 1. The van der Waals surface area contributed by atoms with Gasteiger partial charge in [0.05, 0.1) is 11.9 Å². The van der Waals surface area contributed by atoms with Gasteiger partial charge in [0.1, 0.15) is 0 Å². The predicted octanol–water partition coefficient (Wildman–Crippen LogP) is 5.56. The van der Waals surface area contributed by atoms with Crippen LogP contribution in [0.2, 0.25) is 0 Å². The summed E-state index contributed by atoms with van der Waals surface area (Å²) in [6.45, 7) is 2.08. The Hall–Kier alpha value is -2.72. The molecule has 0 aliphatic rings. The molecule has 4 rings (SSSR count). The van der Waals surface area contributed by atoms with E-state index in [4.69, 9.17) is 0 Å². The fourth-order valence-electron chi connectivity index (χ4n) is 3.79. The molecule has 0 bridgehead atoms. The number of carboxylic acid groups (broad SMARTS) is 1. The summed E-state index contributed by atoms with van der Waals surface area (Å²) in [5.41, 5.74) is 5.55. The number of hydrogen-bond donors (Lipinski definition) is 1. The van der Waals surface area contributed by atoms with Gasteiger partial charge in [-0.2, -0.15) is 0 Å². The van der Waals surface area contributed by atoms with Gasteiger partial charge in [0, 0.05) is 34.0 Å². The van der Waals surface area contributed by atoms with Crippen molar-refractivity contribution < 1.29 is 9.90 Å². The fourth-order valence-corrected chi connectivity index (χ4v) is 4.99. The number of hydrogen-bond acceptors (Lipinski definition) is 2. The first-order valence-electron chi connectivity index (χ1n) is 8.94. The highest BCUT2D eigenvalue weighted by atomic mass is 32.2. The minimum Gasteiger partial charge on any atom is -0.481 e. The zero-order valence-corrected chi connectivity index (χ0v) is 16.2. The number of aromatic nitrogens is 1. The van der Waals surface area contributed by atoms with Crippen LogP contribution in [0.25, 0.3) is 21.8 Å². The van der Waals surface area contributed by atoms with Crippen molar-refractivity contribution in [3.63, 3.8) is 0 Å². The summed E-state index contributed by atoms with van der Waals surface area (Å²) in [4.78, 5) is 12.6. The number of rotatable bonds is 5. The number of aliphatic carboxylic acids is 1. The average molecular weight is 375 g/mol. The molecule has 1 heterocycles. The van der Waals surface area contributed by atoms with E-state index in [9.17, 15) is 9.90 Å². The maximum Gasteiger partial charge on any atom is 0.307 e. The van der Waals surface area contributed by atoms with Crippen LogP contribution in [0.1, 0.15) is 16.7 Å². The van der Waals surface area contributed by atoms with Gasteiger partial charge in [0.25, 0.3) is 0 Å². The van der Waals surface area contributed by atoms with Gasteiger partial charge < -0.3 is 9.67 Å². The maximum atomic E-state index is 11.5. The van der Waals surface area contributed by atoms with E-state index in [1.807, 2.05) is 24.3 Å². The van der Waals surface area contributed by atoms with Crippen molar-refractivity contribution in [2.75, 3.05) is 0 Å². The third kappa shape index (κ3) is 3.21. The van der Waals surface area contributed by atoms with E-state index in [2.05, 4.69) is 54.9 Å². The Morgan fingerprint density at radius 2 is 1.78 bits per heavy atom. The van der Waals surface area contributed by atoms with E-state index in [-0.39, 0.29) is 6.42 Å². The molecule has 0 radical (unpaired) electrons. The van der Waals surface area contributed by atoms with Crippen molar-refractivity contribution in [2.45, 2.75) is 24.0 Å². The Labute approximate surface area is 162 Å². The Kier molecular flexibility index (Phi) is 4.66. The van der Waals surface area contributed by atoms with Gasteiger partial charge in [-0.25, -0.2) is 0 Å². The average Bonchev–Trinajstić information content (AvgIpc) is 2.96. The molecule has 0 saturated carbocycles. The summed E-state index contributed by atoms with van der Waals surface area (Å²) in [6, 6.07) is 20.7. The number of benzene rings is 3. The normalized spacial score (nSPS) is 11.3. The molecule has 0 aliphatic heterocycles. The molecule has 27 heavy (non-hydrogen) atoms. The molecule has 0 aliphatic carbocycles. The number of carboxylic acids is 1. The van der Waals surface area contributed by atoms with Crippen LogP contribution in [-0.2, 0) is 24.0 Å². The van der Waals surface area contributed by atoms with Gasteiger partial charge in [0.15, 0.2) is 0 Å². The lowest BCUT2D eigenvalue weighted by molar-refractivity contribution is -0.136. The second-order valence-corrected chi connectivity index (χ2v) is 7.81. The third-order valence-corrected chi connectivity index (χ3v) is 6.19. The quantitative estimate of drug-likeness (QED) is 0.464. The van der Waals surface area contributed by atoms with E-state index in [1.165, 1.54) is 21.9 Å². The first-order chi connectivity index (χ1) is 13.1. The third-order valence-electron chi connectivity index (χ3n) is 4.97. The Balaban J connectivity index is 1.94. The fraction of sp³-hybridized carbons (Fsp3) is 0.174. The standard InChI is InChI=1S/C23H21NO2S/c1-15-12-17(13-20(25)26)23(27-14-16-8-4-3-5-9-16)22-21(15)18-10-6-7-11-19(18)24(22)2/h3-12H,13-14H2,1-2H3,(H,25,26). The van der Waals surface area contributed by atoms with Gasteiger partial charge in [-0.3, -0.25) is 4.79 Å². The lowest BCUT2D eigenvalue weighted by atomic mass is 10.0. The van der Waals surface area contributed by atoms with E-state index in [1.54, 1.807) is 11.8 Å². The van der Waals surface area contributed by atoms with Gasteiger partial charge in [-0.05, 0) is 29.7 Å². The van der Waals surface area contributed by atoms with Crippen LogP contribution in [0.4, 0.5) is 0 Å². The number of para-hydroxylation sites is 1. The molecular formula is C23H21NO2S. The highest BCUT2D eigenvalue weighted by Crippen LogP contribution is 2.40.